The predicted octanol–water partition coefficient (Wildman–Crippen LogP) is 3.01. The van der Waals surface area contributed by atoms with Gasteiger partial charge in [0.05, 0.1) is 4.86 Å². The summed E-state index contributed by atoms with van der Waals surface area (Å²) in [5, 5.41) is 0. The van der Waals surface area contributed by atoms with Crippen LogP contribution in [0.4, 0.5) is 0 Å². The molecule has 2 aromatic rings. The number of pyridine rings is 1. The molecule has 2 rings (SSSR count). The van der Waals surface area contributed by atoms with Gasteiger partial charge >= 0.3 is 0 Å². The lowest BCUT2D eigenvalue weighted by molar-refractivity contribution is 1.01. The Kier molecular flexibility index (Phi) is 3.72. The van der Waals surface area contributed by atoms with Crippen LogP contribution in [0.5, 0.6) is 0 Å². The molecule has 1 heterocycles. The first-order valence-electron chi connectivity index (χ1n) is 5.95. The van der Waals surface area contributed by atoms with E-state index >= 15 is 0 Å². The first-order valence-corrected chi connectivity index (χ1v) is 6.36. The summed E-state index contributed by atoms with van der Waals surface area (Å²) in [6, 6.07) is 11.4. The highest BCUT2D eigenvalue weighted by Gasteiger charge is 2.09. The maximum Gasteiger partial charge on any atom is 0.248 e. The summed E-state index contributed by atoms with van der Waals surface area (Å²) >= 11 is 5.51. The second kappa shape index (κ2) is 5.27. The molecule has 0 unspecified atom stereocenters. The Morgan fingerprint density at radius 3 is 2.44 bits per heavy atom. The molecule has 1 aromatic heterocycles. The third-order valence-electron chi connectivity index (χ3n) is 2.91. The molecule has 0 spiro atoms. The maximum atomic E-state index is 11.3. The lowest BCUT2D eigenvalue weighted by Crippen LogP contribution is -2.13. The molecule has 0 radical (unpaired) electrons. The molecule has 0 fully saturated rings. The summed E-state index contributed by atoms with van der Waals surface area (Å²) < 4.78 is 0. The van der Waals surface area contributed by atoms with E-state index in [9.17, 15) is 4.79 Å². The lowest BCUT2D eigenvalue weighted by Gasteiger charge is -2.09. The second-order valence-electron chi connectivity index (χ2n) is 4.26. The van der Waals surface area contributed by atoms with Gasteiger partial charge in [0.25, 0.3) is 0 Å². The highest BCUT2D eigenvalue weighted by atomic mass is 32.1. The van der Waals surface area contributed by atoms with Gasteiger partial charge in [-0.1, -0.05) is 49.0 Å². The fourth-order valence-electron chi connectivity index (χ4n) is 1.87. The first-order chi connectivity index (χ1) is 8.61. The van der Waals surface area contributed by atoms with E-state index in [0.717, 1.165) is 28.1 Å². The topological polar surface area (TPSA) is 32.9 Å². The van der Waals surface area contributed by atoms with Crippen LogP contribution in [0.3, 0.4) is 0 Å². The van der Waals surface area contributed by atoms with Crippen molar-refractivity contribution in [1.29, 1.82) is 0 Å². The minimum atomic E-state index is -0.0812. The Morgan fingerprint density at radius 1 is 1.17 bits per heavy atom. The molecular weight excluding hydrogens is 242 g/mol. The Hall–Kier alpha value is -1.74. The second-order valence-corrected chi connectivity index (χ2v) is 4.67. The summed E-state index contributed by atoms with van der Waals surface area (Å²) in [5.74, 6) is 0. The van der Waals surface area contributed by atoms with Crippen LogP contribution >= 0.6 is 12.2 Å². The summed E-state index contributed by atoms with van der Waals surface area (Å²) in [6.45, 7) is 4.05. The van der Waals surface area contributed by atoms with Crippen molar-refractivity contribution in [3.8, 4) is 0 Å². The van der Waals surface area contributed by atoms with Gasteiger partial charge in [-0.25, -0.2) is 0 Å². The maximum absolute atomic E-state index is 11.3. The molecule has 0 atom stereocenters. The number of nitrogens with one attached hydrogen (secondary N) is 1. The van der Waals surface area contributed by atoms with Crippen molar-refractivity contribution in [3.63, 3.8) is 0 Å². The molecule has 0 aliphatic heterocycles. The van der Waals surface area contributed by atoms with Gasteiger partial charge in [0.15, 0.2) is 0 Å². The largest absolute Gasteiger partial charge is 0.326 e. The highest BCUT2D eigenvalue weighted by molar-refractivity contribution is 7.81. The third-order valence-corrected chi connectivity index (χ3v) is 3.37. The SMILES string of the molecule is CCc1[nH]c(=O)ccc1C(=S)c1ccc(C)cc1. The van der Waals surface area contributed by atoms with Crippen LogP contribution < -0.4 is 5.56 Å². The van der Waals surface area contributed by atoms with E-state index in [1.807, 2.05) is 38.1 Å². The van der Waals surface area contributed by atoms with Crippen LogP contribution in [-0.4, -0.2) is 9.85 Å². The van der Waals surface area contributed by atoms with Crippen LogP contribution in [0.1, 0.15) is 29.3 Å². The third kappa shape index (κ3) is 2.57. The van der Waals surface area contributed by atoms with E-state index in [2.05, 4.69) is 4.98 Å². The minimum Gasteiger partial charge on any atom is -0.326 e. The molecule has 0 saturated carbocycles. The summed E-state index contributed by atoms with van der Waals surface area (Å²) in [5.41, 5.74) is 3.97. The van der Waals surface area contributed by atoms with E-state index in [4.69, 9.17) is 12.2 Å². The number of hydrogen-bond acceptors (Lipinski definition) is 2. The molecule has 1 N–H and O–H groups in total. The molecule has 0 amide bonds. The van der Waals surface area contributed by atoms with Crippen molar-refractivity contribution in [3.05, 3.63) is 69.1 Å². The number of benzene rings is 1. The molecule has 0 aliphatic rings. The molecule has 1 aromatic carbocycles. The number of aryl methyl sites for hydroxylation is 2. The summed E-state index contributed by atoms with van der Waals surface area (Å²) in [4.78, 5) is 14.9. The Bertz CT molecular complexity index is 626. The molecule has 18 heavy (non-hydrogen) atoms. The normalized spacial score (nSPS) is 10.3. The van der Waals surface area contributed by atoms with Gasteiger partial charge in [-0.3, -0.25) is 4.79 Å². The van der Waals surface area contributed by atoms with E-state index in [1.165, 1.54) is 11.6 Å². The molecular formula is C15H15NOS. The number of H-pyrrole nitrogens is 1. The molecule has 0 saturated heterocycles. The van der Waals surface area contributed by atoms with Crippen LogP contribution in [0.2, 0.25) is 0 Å². The van der Waals surface area contributed by atoms with E-state index in [0.29, 0.717) is 0 Å². The van der Waals surface area contributed by atoms with Gasteiger partial charge in [-0.2, -0.15) is 0 Å². The smallest absolute Gasteiger partial charge is 0.248 e. The zero-order chi connectivity index (χ0) is 13.1. The average molecular weight is 257 g/mol. The lowest BCUT2D eigenvalue weighted by atomic mass is 10.0. The van der Waals surface area contributed by atoms with E-state index < -0.39 is 0 Å². The zero-order valence-corrected chi connectivity index (χ0v) is 11.3. The fraction of sp³-hybridized carbons (Fsp3) is 0.200. The highest BCUT2D eigenvalue weighted by Crippen LogP contribution is 2.14. The Labute approximate surface area is 112 Å². The molecule has 3 heteroatoms. The van der Waals surface area contributed by atoms with Crippen molar-refractivity contribution in [2.24, 2.45) is 0 Å². The number of aromatic nitrogens is 1. The molecule has 92 valence electrons. The van der Waals surface area contributed by atoms with Crippen LogP contribution in [0, 0.1) is 6.92 Å². The Morgan fingerprint density at radius 2 is 1.83 bits per heavy atom. The molecule has 0 bridgehead atoms. The standard InChI is InChI=1S/C15H15NOS/c1-3-13-12(8-9-14(17)16-13)15(18)11-6-4-10(2)5-7-11/h4-9H,3H2,1-2H3,(H,16,17). The zero-order valence-electron chi connectivity index (χ0n) is 10.5. The van der Waals surface area contributed by atoms with Crippen molar-refractivity contribution >= 4 is 17.1 Å². The first kappa shape index (κ1) is 12.7. The van der Waals surface area contributed by atoms with Gasteiger partial charge in [0.2, 0.25) is 5.56 Å². The van der Waals surface area contributed by atoms with Gasteiger partial charge in [0.1, 0.15) is 0 Å². The van der Waals surface area contributed by atoms with Crippen molar-refractivity contribution < 1.29 is 0 Å². The van der Waals surface area contributed by atoms with Gasteiger partial charge in [-0.05, 0) is 25.0 Å². The number of hydrogen-bond donors (Lipinski definition) is 1. The molecule has 0 aliphatic carbocycles. The van der Waals surface area contributed by atoms with E-state index in [1.54, 1.807) is 6.07 Å². The van der Waals surface area contributed by atoms with Gasteiger partial charge in [-0.15, -0.1) is 0 Å². The fourth-order valence-corrected chi connectivity index (χ4v) is 2.20. The monoisotopic (exact) mass is 257 g/mol. The summed E-state index contributed by atoms with van der Waals surface area (Å²) in [7, 11) is 0. The van der Waals surface area contributed by atoms with Gasteiger partial charge in [0, 0.05) is 17.3 Å². The van der Waals surface area contributed by atoms with Crippen LogP contribution in [-0.2, 0) is 6.42 Å². The van der Waals surface area contributed by atoms with Crippen molar-refractivity contribution in [1.82, 2.24) is 4.98 Å². The van der Waals surface area contributed by atoms with Crippen LogP contribution in [0.25, 0.3) is 0 Å². The number of rotatable bonds is 3. The van der Waals surface area contributed by atoms with E-state index in [-0.39, 0.29) is 5.56 Å². The minimum absolute atomic E-state index is 0.0812. The summed E-state index contributed by atoms with van der Waals surface area (Å²) in [6.07, 6.45) is 0.761. The van der Waals surface area contributed by atoms with Crippen molar-refractivity contribution in [2.75, 3.05) is 0 Å². The number of thiocarbonyl (C=S) groups is 1. The quantitative estimate of drug-likeness (QED) is 0.677. The predicted molar refractivity (Wildman–Crippen MR) is 78.4 cm³/mol. The average Bonchev–Trinajstić information content (AvgIpc) is 2.38. The van der Waals surface area contributed by atoms with Gasteiger partial charge < -0.3 is 4.98 Å². The van der Waals surface area contributed by atoms with Crippen molar-refractivity contribution in [2.45, 2.75) is 20.3 Å². The van der Waals surface area contributed by atoms with Crippen LogP contribution in [0.15, 0.2) is 41.2 Å². The molecule has 2 nitrogen and oxygen atoms in total. The number of aromatic amines is 1. The Balaban J connectivity index is 2.45.